The predicted molar refractivity (Wildman–Crippen MR) is 75.1 cm³/mol. The van der Waals surface area contributed by atoms with Crippen molar-refractivity contribution in [2.75, 3.05) is 18.4 Å². The van der Waals surface area contributed by atoms with Crippen LogP contribution in [0.15, 0.2) is 30.3 Å². The van der Waals surface area contributed by atoms with Crippen molar-refractivity contribution < 1.29 is 14.3 Å². The van der Waals surface area contributed by atoms with Gasteiger partial charge in [-0.3, -0.25) is 4.79 Å². The SMILES string of the molecule is O=C(CBr)C1CCN(C(=O)OCc2ccccc2)C1. The molecule has 0 saturated carbocycles. The summed E-state index contributed by atoms with van der Waals surface area (Å²) in [6, 6.07) is 9.55. The number of carbonyl (C=O) groups excluding carboxylic acids is 2. The van der Waals surface area contributed by atoms with E-state index in [-0.39, 0.29) is 24.4 Å². The monoisotopic (exact) mass is 325 g/mol. The maximum Gasteiger partial charge on any atom is 0.410 e. The molecular weight excluding hydrogens is 310 g/mol. The van der Waals surface area contributed by atoms with Gasteiger partial charge in [0.15, 0.2) is 0 Å². The highest BCUT2D eigenvalue weighted by atomic mass is 79.9. The molecule has 1 saturated heterocycles. The van der Waals surface area contributed by atoms with Crippen molar-refractivity contribution in [2.45, 2.75) is 13.0 Å². The average Bonchev–Trinajstić information content (AvgIpc) is 2.95. The van der Waals surface area contributed by atoms with Crippen LogP contribution in [0.2, 0.25) is 0 Å². The second-order valence-corrected chi connectivity index (χ2v) is 5.13. The number of Topliss-reactive ketones (excluding diaryl/α,β-unsaturated/α-hetero) is 1. The number of hydrogen-bond acceptors (Lipinski definition) is 3. The first-order valence-electron chi connectivity index (χ1n) is 6.25. The van der Waals surface area contributed by atoms with Gasteiger partial charge in [0, 0.05) is 19.0 Å². The largest absolute Gasteiger partial charge is 0.445 e. The molecule has 0 aliphatic carbocycles. The molecular formula is C14H16BrNO3. The van der Waals surface area contributed by atoms with Crippen LogP contribution >= 0.6 is 15.9 Å². The lowest BCUT2D eigenvalue weighted by atomic mass is 10.1. The van der Waals surface area contributed by atoms with E-state index >= 15 is 0 Å². The highest BCUT2D eigenvalue weighted by molar-refractivity contribution is 9.09. The summed E-state index contributed by atoms with van der Waals surface area (Å²) in [7, 11) is 0. The Hall–Kier alpha value is -1.36. The third kappa shape index (κ3) is 3.80. The van der Waals surface area contributed by atoms with Crippen LogP contribution in [0, 0.1) is 5.92 Å². The zero-order valence-electron chi connectivity index (χ0n) is 10.5. The lowest BCUT2D eigenvalue weighted by Crippen LogP contribution is -2.30. The topological polar surface area (TPSA) is 46.6 Å². The quantitative estimate of drug-likeness (QED) is 0.799. The first-order valence-corrected chi connectivity index (χ1v) is 7.37. The number of nitrogens with zero attached hydrogens (tertiary/aromatic N) is 1. The summed E-state index contributed by atoms with van der Waals surface area (Å²) in [4.78, 5) is 25.0. The Balaban J connectivity index is 1.80. The van der Waals surface area contributed by atoms with E-state index in [4.69, 9.17) is 4.74 Å². The second kappa shape index (κ2) is 6.70. The lowest BCUT2D eigenvalue weighted by molar-refractivity contribution is -0.119. The van der Waals surface area contributed by atoms with Gasteiger partial charge in [0.25, 0.3) is 0 Å². The van der Waals surface area contributed by atoms with Crippen LogP contribution in [-0.4, -0.2) is 35.2 Å². The number of ether oxygens (including phenoxy) is 1. The molecule has 0 N–H and O–H groups in total. The van der Waals surface area contributed by atoms with Crippen LogP contribution in [0.25, 0.3) is 0 Å². The molecule has 1 aliphatic rings. The van der Waals surface area contributed by atoms with E-state index in [1.54, 1.807) is 4.90 Å². The van der Waals surface area contributed by atoms with Crippen molar-refractivity contribution in [3.63, 3.8) is 0 Å². The number of rotatable bonds is 4. The van der Waals surface area contributed by atoms with Crippen molar-refractivity contribution >= 4 is 27.8 Å². The molecule has 1 aliphatic heterocycles. The van der Waals surface area contributed by atoms with Crippen LogP contribution < -0.4 is 0 Å². The van der Waals surface area contributed by atoms with E-state index in [9.17, 15) is 9.59 Å². The summed E-state index contributed by atoms with van der Waals surface area (Å²) >= 11 is 3.16. The molecule has 0 radical (unpaired) electrons. The summed E-state index contributed by atoms with van der Waals surface area (Å²) in [5.41, 5.74) is 0.961. The summed E-state index contributed by atoms with van der Waals surface area (Å²) < 4.78 is 5.24. The van der Waals surface area contributed by atoms with Crippen molar-refractivity contribution in [2.24, 2.45) is 5.92 Å². The molecule has 1 aromatic rings. The van der Waals surface area contributed by atoms with Crippen molar-refractivity contribution in [3.8, 4) is 0 Å². The fraction of sp³-hybridized carbons (Fsp3) is 0.429. The molecule has 1 unspecified atom stereocenters. The number of benzene rings is 1. The van der Waals surface area contributed by atoms with E-state index in [1.165, 1.54) is 0 Å². The smallest absolute Gasteiger partial charge is 0.410 e. The molecule has 0 bridgehead atoms. The summed E-state index contributed by atoms with van der Waals surface area (Å²) in [6.45, 7) is 1.34. The van der Waals surface area contributed by atoms with Gasteiger partial charge in [0.2, 0.25) is 0 Å². The maximum absolute atomic E-state index is 11.9. The normalized spacial score (nSPS) is 18.4. The Bertz CT molecular complexity index is 449. The molecule has 1 atom stereocenters. The van der Waals surface area contributed by atoms with Crippen molar-refractivity contribution in [3.05, 3.63) is 35.9 Å². The first-order chi connectivity index (χ1) is 9.20. The third-order valence-corrected chi connectivity index (χ3v) is 3.79. The van der Waals surface area contributed by atoms with E-state index in [0.717, 1.165) is 12.0 Å². The number of amides is 1. The van der Waals surface area contributed by atoms with Crippen LogP contribution in [0.1, 0.15) is 12.0 Å². The first kappa shape index (κ1) is 14.1. The number of ketones is 1. The molecule has 1 fully saturated rings. The van der Waals surface area contributed by atoms with E-state index < -0.39 is 0 Å². The molecule has 4 nitrogen and oxygen atoms in total. The number of halogens is 1. The summed E-state index contributed by atoms with van der Waals surface area (Å²) in [5, 5.41) is 0.352. The summed E-state index contributed by atoms with van der Waals surface area (Å²) in [6.07, 6.45) is 0.388. The number of likely N-dealkylation sites (tertiary alicyclic amines) is 1. The van der Waals surface area contributed by atoms with Crippen molar-refractivity contribution in [1.82, 2.24) is 4.90 Å². The molecule has 0 spiro atoms. The summed E-state index contributed by atoms with van der Waals surface area (Å²) in [5.74, 6) is 0.0991. The predicted octanol–water partition coefficient (Wildman–Crippen LogP) is 2.61. The van der Waals surface area contributed by atoms with Gasteiger partial charge in [0.1, 0.15) is 12.4 Å². The maximum atomic E-state index is 11.9. The molecule has 102 valence electrons. The number of hydrogen-bond donors (Lipinski definition) is 0. The van der Waals surface area contributed by atoms with Gasteiger partial charge < -0.3 is 9.64 Å². The fourth-order valence-electron chi connectivity index (χ4n) is 2.11. The van der Waals surface area contributed by atoms with Gasteiger partial charge in [0.05, 0.1) is 5.33 Å². The minimum Gasteiger partial charge on any atom is -0.445 e. The lowest BCUT2D eigenvalue weighted by Gasteiger charge is -2.16. The zero-order valence-corrected chi connectivity index (χ0v) is 12.1. The fourth-order valence-corrected chi connectivity index (χ4v) is 2.57. The van der Waals surface area contributed by atoms with Crippen LogP contribution in [-0.2, 0) is 16.1 Å². The molecule has 1 amide bonds. The highest BCUT2D eigenvalue weighted by Crippen LogP contribution is 2.19. The van der Waals surface area contributed by atoms with Gasteiger partial charge in [-0.1, -0.05) is 46.3 Å². The van der Waals surface area contributed by atoms with Gasteiger partial charge in [-0.05, 0) is 12.0 Å². The molecule has 1 aromatic carbocycles. The van der Waals surface area contributed by atoms with Crippen LogP contribution in [0.3, 0.4) is 0 Å². The molecule has 19 heavy (non-hydrogen) atoms. The third-order valence-electron chi connectivity index (χ3n) is 3.24. The number of carbonyl (C=O) groups is 2. The standard InChI is InChI=1S/C14H16BrNO3/c15-8-13(17)12-6-7-16(9-12)14(18)19-10-11-4-2-1-3-5-11/h1-5,12H,6-10H2. The van der Waals surface area contributed by atoms with Crippen LogP contribution in [0.5, 0.6) is 0 Å². The van der Waals surface area contributed by atoms with Crippen LogP contribution in [0.4, 0.5) is 4.79 Å². The Morgan fingerprint density at radius 2 is 2.05 bits per heavy atom. The van der Waals surface area contributed by atoms with Gasteiger partial charge >= 0.3 is 6.09 Å². The Kier molecular flexibility index (Phi) is 4.96. The Morgan fingerprint density at radius 1 is 1.32 bits per heavy atom. The molecule has 2 rings (SSSR count). The van der Waals surface area contributed by atoms with Gasteiger partial charge in [-0.2, -0.15) is 0 Å². The van der Waals surface area contributed by atoms with Crippen molar-refractivity contribution in [1.29, 1.82) is 0 Å². The van der Waals surface area contributed by atoms with Gasteiger partial charge in [-0.15, -0.1) is 0 Å². The van der Waals surface area contributed by atoms with E-state index in [1.807, 2.05) is 30.3 Å². The molecule has 0 aromatic heterocycles. The molecule has 5 heteroatoms. The van der Waals surface area contributed by atoms with E-state index in [0.29, 0.717) is 18.4 Å². The van der Waals surface area contributed by atoms with Gasteiger partial charge in [-0.25, -0.2) is 4.79 Å². The highest BCUT2D eigenvalue weighted by Gasteiger charge is 2.30. The number of alkyl halides is 1. The molecule has 1 heterocycles. The Morgan fingerprint density at radius 3 is 2.74 bits per heavy atom. The minimum absolute atomic E-state index is 0.0522. The zero-order chi connectivity index (χ0) is 13.7. The Labute approximate surface area is 120 Å². The van der Waals surface area contributed by atoms with E-state index in [2.05, 4.69) is 15.9 Å². The minimum atomic E-state index is -0.339. The second-order valence-electron chi connectivity index (χ2n) is 4.57. The average molecular weight is 326 g/mol.